The maximum atomic E-state index is 13.7. The standard InChI is InChI=1S/C31H37ClN2O3/c1-22(2)33-30(36)28(19-23-11-7-6-8-12-23)34(20-24-13-9-10-14-27(24)32)29(35)21-37-26-17-15-25(16-18-26)31(3,4)5/h6-18,22,28H,19-21H2,1-5H3,(H,33,36)/t28-/m1/s1. The molecule has 37 heavy (non-hydrogen) atoms. The second-order valence-corrected chi connectivity index (χ2v) is 11.0. The molecule has 0 radical (unpaired) electrons. The maximum absolute atomic E-state index is 13.7. The zero-order valence-corrected chi connectivity index (χ0v) is 23.1. The smallest absolute Gasteiger partial charge is 0.261 e. The predicted octanol–water partition coefficient (Wildman–Crippen LogP) is 6.18. The summed E-state index contributed by atoms with van der Waals surface area (Å²) in [6, 6.07) is 24.0. The van der Waals surface area contributed by atoms with Crippen molar-refractivity contribution in [1.82, 2.24) is 10.2 Å². The molecule has 0 aliphatic carbocycles. The highest BCUT2D eigenvalue weighted by Gasteiger charge is 2.31. The Kier molecular flexibility index (Phi) is 9.76. The lowest BCUT2D eigenvalue weighted by molar-refractivity contribution is -0.143. The van der Waals surface area contributed by atoms with Gasteiger partial charge < -0.3 is 15.0 Å². The van der Waals surface area contributed by atoms with Gasteiger partial charge in [-0.1, -0.05) is 93.0 Å². The fraction of sp³-hybridized carbons (Fsp3) is 0.355. The Morgan fingerprint density at radius 2 is 1.54 bits per heavy atom. The normalized spacial score (nSPS) is 12.2. The van der Waals surface area contributed by atoms with Crippen LogP contribution in [0.1, 0.15) is 51.3 Å². The molecule has 0 heterocycles. The van der Waals surface area contributed by atoms with E-state index in [9.17, 15) is 9.59 Å². The van der Waals surface area contributed by atoms with Gasteiger partial charge in [0.1, 0.15) is 11.8 Å². The molecule has 1 N–H and O–H groups in total. The summed E-state index contributed by atoms with van der Waals surface area (Å²) < 4.78 is 5.89. The number of carbonyl (C=O) groups excluding carboxylic acids is 2. The minimum atomic E-state index is -0.736. The number of amides is 2. The molecule has 0 spiro atoms. The van der Waals surface area contributed by atoms with Gasteiger partial charge in [0, 0.05) is 24.0 Å². The van der Waals surface area contributed by atoms with Crippen LogP contribution in [0.3, 0.4) is 0 Å². The SMILES string of the molecule is CC(C)NC(=O)[C@@H](Cc1ccccc1)N(Cc1ccccc1Cl)C(=O)COc1ccc(C(C)(C)C)cc1. The molecule has 0 aliphatic rings. The molecule has 5 nitrogen and oxygen atoms in total. The molecule has 0 bridgehead atoms. The summed E-state index contributed by atoms with van der Waals surface area (Å²) in [5.41, 5.74) is 2.93. The minimum absolute atomic E-state index is 0.0224. The lowest BCUT2D eigenvalue weighted by Gasteiger charge is -2.32. The van der Waals surface area contributed by atoms with Crippen molar-refractivity contribution in [3.63, 3.8) is 0 Å². The second kappa shape index (κ2) is 12.8. The Balaban J connectivity index is 1.89. The van der Waals surface area contributed by atoms with E-state index in [0.717, 1.165) is 11.1 Å². The van der Waals surface area contributed by atoms with Crippen LogP contribution in [-0.4, -0.2) is 35.4 Å². The third kappa shape index (κ3) is 8.36. The van der Waals surface area contributed by atoms with Crippen molar-refractivity contribution in [2.75, 3.05) is 6.61 Å². The molecule has 0 saturated carbocycles. The van der Waals surface area contributed by atoms with Crippen LogP contribution in [0.2, 0.25) is 5.02 Å². The Hall–Kier alpha value is -3.31. The molecular formula is C31H37ClN2O3. The van der Waals surface area contributed by atoms with Crippen LogP contribution in [0.25, 0.3) is 0 Å². The van der Waals surface area contributed by atoms with Gasteiger partial charge in [-0.15, -0.1) is 0 Å². The molecule has 6 heteroatoms. The molecule has 3 rings (SSSR count). The first-order valence-electron chi connectivity index (χ1n) is 12.6. The van der Waals surface area contributed by atoms with E-state index in [-0.39, 0.29) is 36.4 Å². The van der Waals surface area contributed by atoms with Gasteiger partial charge in [0.2, 0.25) is 5.91 Å². The molecule has 0 saturated heterocycles. The van der Waals surface area contributed by atoms with E-state index in [1.54, 1.807) is 11.0 Å². The average molecular weight is 521 g/mol. The Morgan fingerprint density at radius 3 is 2.14 bits per heavy atom. The number of nitrogens with one attached hydrogen (secondary N) is 1. The zero-order valence-electron chi connectivity index (χ0n) is 22.3. The van der Waals surface area contributed by atoms with Crippen molar-refractivity contribution in [2.45, 2.75) is 65.1 Å². The van der Waals surface area contributed by atoms with Gasteiger partial charge in [-0.05, 0) is 54.2 Å². The fourth-order valence-electron chi connectivity index (χ4n) is 4.02. The number of nitrogens with zero attached hydrogens (tertiary/aromatic N) is 1. The van der Waals surface area contributed by atoms with E-state index in [1.165, 1.54) is 5.56 Å². The van der Waals surface area contributed by atoms with Crippen LogP contribution in [0.15, 0.2) is 78.9 Å². The molecule has 3 aromatic rings. The van der Waals surface area contributed by atoms with Gasteiger partial charge in [-0.25, -0.2) is 0 Å². The summed E-state index contributed by atoms with van der Waals surface area (Å²) in [5.74, 6) is 0.0960. The van der Waals surface area contributed by atoms with Gasteiger partial charge in [-0.2, -0.15) is 0 Å². The van der Waals surface area contributed by atoms with E-state index in [4.69, 9.17) is 16.3 Å². The molecule has 1 atom stereocenters. The van der Waals surface area contributed by atoms with Crippen LogP contribution < -0.4 is 10.1 Å². The van der Waals surface area contributed by atoms with Crippen molar-refractivity contribution >= 4 is 23.4 Å². The third-order valence-corrected chi connectivity index (χ3v) is 6.45. The molecule has 0 unspecified atom stereocenters. The topological polar surface area (TPSA) is 58.6 Å². The monoisotopic (exact) mass is 520 g/mol. The van der Waals surface area contributed by atoms with Crippen molar-refractivity contribution in [3.8, 4) is 5.75 Å². The predicted molar refractivity (Wildman–Crippen MR) is 150 cm³/mol. The summed E-state index contributed by atoms with van der Waals surface area (Å²) >= 11 is 6.46. The first kappa shape index (κ1) is 28.3. The Labute approximate surface area is 225 Å². The van der Waals surface area contributed by atoms with E-state index in [2.05, 4.69) is 26.1 Å². The van der Waals surface area contributed by atoms with E-state index >= 15 is 0 Å². The van der Waals surface area contributed by atoms with Crippen LogP contribution in [0, 0.1) is 0 Å². The van der Waals surface area contributed by atoms with Crippen molar-refractivity contribution in [2.24, 2.45) is 0 Å². The summed E-state index contributed by atoms with van der Waals surface area (Å²) in [6.07, 6.45) is 0.371. The number of hydrogen-bond donors (Lipinski definition) is 1. The fourth-order valence-corrected chi connectivity index (χ4v) is 4.22. The summed E-state index contributed by atoms with van der Waals surface area (Å²) in [4.78, 5) is 28.6. The first-order chi connectivity index (χ1) is 17.5. The van der Waals surface area contributed by atoms with Crippen LogP contribution >= 0.6 is 11.6 Å². The van der Waals surface area contributed by atoms with Gasteiger partial charge in [0.25, 0.3) is 5.91 Å². The maximum Gasteiger partial charge on any atom is 0.261 e. The van der Waals surface area contributed by atoms with Crippen LogP contribution in [-0.2, 0) is 28.0 Å². The quantitative estimate of drug-likeness (QED) is 0.347. The molecule has 3 aromatic carbocycles. The highest BCUT2D eigenvalue weighted by molar-refractivity contribution is 6.31. The first-order valence-corrected chi connectivity index (χ1v) is 13.0. The lowest BCUT2D eigenvalue weighted by atomic mass is 9.87. The molecule has 0 aliphatic heterocycles. The summed E-state index contributed by atoms with van der Waals surface area (Å²) in [5, 5.41) is 3.53. The van der Waals surface area contributed by atoms with Gasteiger partial charge >= 0.3 is 0 Å². The molecule has 196 valence electrons. The van der Waals surface area contributed by atoms with Gasteiger partial charge in [0.15, 0.2) is 6.61 Å². The van der Waals surface area contributed by atoms with Crippen molar-refractivity contribution in [3.05, 3.63) is 101 Å². The molecule has 0 aromatic heterocycles. The van der Waals surface area contributed by atoms with E-state index in [1.807, 2.05) is 86.6 Å². The lowest BCUT2D eigenvalue weighted by Crippen LogP contribution is -2.52. The molecule has 0 fully saturated rings. The summed E-state index contributed by atoms with van der Waals surface area (Å²) in [6.45, 7) is 10.2. The number of halogens is 1. The molecular weight excluding hydrogens is 484 g/mol. The Morgan fingerprint density at radius 1 is 0.919 bits per heavy atom. The zero-order chi connectivity index (χ0) is 27.0. The number of rotatable bonds is 10. The summed E-state index contributed by atoms with van der Waals surface area (Å²) in [7, 11) is 0. The second-order valence-electron chi connectivity index (χ2n) is 10.5. The number of carbonyl (C=O) groups is 2. The number of benzene rings is 3. The minimum Gasteiger partial charge on any atom is -0.484 e. The van der Waals surface area contributed by atoms with Crippen LogP contribution in [0.4, 0.5) is 0 Å². The van der Waals surface area contributed by atoms with Gasteiger partial charge in [0.05, 0.1) is 0 Å². The van der Waals surface area contributed by atoms with E-state index < -0.39 is 6.04 Å². The number of ether oxygens (including phenoxy) is 1. The number of hydrogen-bond acceptors (Lipinski definition) is 3. The van der Waals surface area contributed by atoms with Crippen LogP contribution in [0.5, 0.6) is 5.75 Å². The van der Waals surface area contributed by atoms with E-state index in [0.29, 0.717) is 17.2 Å². The van der Waals surface area contributed by atoms with Crippen molar-refractivity contribution in [1.29, 1.82) is 0 Å². The highest BCUT2D eigenvalue weighted by Crippen LogP contribution is 2.25. The third-order valence-electron chi connectivity index (χ3n) is 6.08. The highest BCUT2D eigenvalue weighted by atomic mass is 35.5. The molecule has 2 amide bonds. The largest absolute Gasteiger partial charge is 0.484 e. The Bertz CT molecular complexity index is 1170. The van der Waals surface area contributed by atoms with Gasteiger partial charge in [-0.3, -0.25) is 9.59 Å². The average Bonchev–Trinajstić information content (AvgIpc) is 2.85. The van der Waals surface area contributed by atoms with Crippen molar-refractivity contribution < 1.29 is 14.3 Å².